The van der Waals surface area contributed by atoms with E-state index in [1.807, 2.05) is 0 Å². The molecule has 0 aliphatic carbocycles. The van der Waals surface area contributed by atoms with Crippen molar-refractivity contribution in [2.24, 2.45) is 22.9 Å². The Morgan fingerprint density at radius 3 is 1.89 bits per heavy atom. The maximum atomic E-state index is 14.7. The number of nitrogens with two attached hydrogens (primary N) is 4. The van der Waals surface area contributed by atoms with Gasteiger partial charge in [0.1, 0.15) is 42.3 Å². The predicted molar refractivity (Wildman–Crippen MR) is 284 cm³/mol. The number of aromatic amines is 1. The number of alkyl halides is 3. The number of fused-ring (bicyclic) bond motifs is 1. The molecule has 1 aromatic heterocycles. The summed E-state index contributed by atoms with van der Waals surface area (Å²) in [7, 11) is 0. The number of primary amides is 2. The Morgan fingerprint density at radius 1 is 0.700 bits per heavy atom. The van der Waals surface area contributed by atoms with Gasteiger partial charge in [-0.3, -0.25) is 58.8 Å². The van der Waals surface area contributed by atoms with Crippen molar-refractivity contribution < 1.29 is 61.1 Å². The topological polar surface area (TPSA) is 459 Å². The maximum absolute atomic E-state index is 14.7. The van der Waals surface area contributed by atoms with E-state index in [9.17, 15) is 61.1 Å². The van der Waals surface area contributed by atoms with Gasteiger partial charge in [-0.25, -0.2) is 0 Å². The van der Waals surface area contributed by atoms with E-state index >= 15 is 0 Å². The Hall–Kier alpha value is -8.99. The molecule has 3 aromatic rings. The minimum absolute atomic E-state index is 0.0153. The number of aromatic nitrogens is 1. The highest BCUT2D eigenvalue weighted by molar-refractivity contribution is 5.98. The quantitative estimate of drug-likeness (QED) is 0.0332. The Balaban J connectivity index is 1.84. The van der Waals surface area contributed by atoms with Crippen LogP contribution in [-0.4, -0.2) is 138 Å². The fourth-order valence-electron chi connectivity index (χ4n) is 8.62. The van der Waals surface area contributed by atoms with Crippen LogP contribution >= 0.6 is 0 Å². The van der Waals surface area contributed by atoms with Gasteiger partial charge < -0.3 is 81.1 Å². The van der Waals surface area contributed by atoms with Crippen LogP contribution in [0.4, 0.5) is 13.2 Å². The molecule has 1 fully saturated rings. The molecule has 2 heterocycles. The number of hydrogen-bond acceptors (Lipinski definition) is 12. The summed E-state index contributed by atoms with van der Waals surface area (Å²) < 4.78 is 43.6. The van der Waals surface area contributed by atoms with Crippen molar-refractivity contribution >= 4 is 81.9 Å². The van der Waals surface area contributed by atoms with Crippen LogP contribution in [-0.2, 0) is 67.0 Å². The van der Waals surface area contributed by atoms with Crippen LogP contribution in [0.5, 0.6) is 0 Å². The third-order valence-electron chi connectivity index (χ3n) is 12.7. The normalized spacial score (nSPS) is 20.7. The number of amides is 10. The number of carbonyl (C=O) groups excluding carboxylic acids is 10. The highest BCUT2D eigenvalue weighted by Gasteiger charge is 2.38. The largest absolute Gasteiger partial charge is 0.416 e. The standard InChI is InChI=1S/C50H70F3N17O10/c1-26(71)64-33(13-7-21-61-48(56)57)42(75)66-34-14-6-20-60-40(73)19-17-32(41(55)74)65-46(79)38(24-28-25-63-31-12-5-3-10-29(28)31)70-44(77)35(15-8-22-62-49(58)59)67-47(80)37(23-27-9-2-4-11-30(27)50(51,52)53)69-45(78)36(68-43(34)76)16-18-39(54)72/h2-5,9-12,25,32-38,63H,6-8,13-24H2,1H3,(H2,54,72)(H2,55,74)(H,60,73)(H,64,71)(H,65,79)(H,66,75)(H,67,80)(H,68,76)(H,69,78)(H,70,77)(H4,56,57,61)(H4,58,59,62)/t32?,33-,34-,35-,36-,37+,38-/m0/s1. The van der Waals surface area contributed by atoms with E-state index in [0.29, 0.717) is 16.5 Å². The highest BCUT2D eigenvalue weighted by atomic mass is 19.4. The minimum atomic E-state index is -4.98. The first-order valence-corrected chi connectivity index (χ1v) is 25.6. The molecule has 4 rings (SSSR count). The Bertz CT molecular complexity index is 2740. The zero-order valence-corrected chi connectivity index (χ0v) is 43.9. The van der Waals surface area contributed by atoms with E-state index in [1.54, 1.807) is 30.5 Å². The van der Waals surface area contributed by atoms with Crippen LogP contribution in [0.3, 0.4) is 0 Å². The minimum Gasteiger partial charge on any atom is -0.370 e. The van der Waals surface area contributed by atoms with E-state index in [1.165, 1.54) is 6.07 Å². The highest BCUT2D eigenvalue weighted by Crippen LogP contribution is 2.32. The van der Waals surface area contributed by atoms with Gasteiger partial charge in [-0.2, -0.15) is 13.2 Å². The van der Waals surface area contributed by atoms with Gasteiger partial charge in [-0.1, -0.05) is 36.4 Å². The van der Waals surface area contributed by atoms with E-state index in [-0.39, 0.29) is 77.0 Å². The fraction of sp³-hybridized carbons (Fsp3) is 0.480. The van der Waals surface area contributed by atoms with Crippen LogP contribution in [0.2, 0.25) is 0 Å². The van der Waals surface area contributed by atoms with Crippen LogP contribution in [0.15, 0.2) is 54.7 Å². The lowest BCUT2D eigenvalue weighted by atomic mass is 9.98. The second kappa shape index (κ2) is 30.8. The van der Waals surface area contributed by atoms with Gasteiger partial charge in [-0.05, 0) is 74.6 Å². The number of rotatable bonds is 19. The first-order valence-electron chi connectivity index (χ1n) is 25.6. The van der Waals surface area contributed by atoms with Gasteiger partial charge in [0, 0.05) is 69.3 Å². The van der Waals surface area contributed by atoms with E-state index in [0.717, 1.165) is 25.1 Å². The van der Waals surface area contributed by atoms with E-state index in [2.05, 4.69) is 58.2 Å². The number of para-hydroxylation sites is 1. The number of hydrogen-bond donors (Lipinski definition) is 17. The second-order valence-corrected chi connectivity index (χ2v) is 18.9. The molecule has 80 heavy (non-hydrogen) atoms. The van der Waals surface area contributed by atoms with Crippen LogP contribution < -0.4 is 76.1 Å². The number of carbonyl (C=O) groups is 10. The van der Waals surface area contributed by atoms with Gasteiger partial charge in [0.15, 0.2) is 11.9 Å². The summed E-state index contributed by atoms with van der Waals surface area (Å²) >= 11 is 0. The Labute approximate surface area is 457 Å². The van der Waals surface area contributed by atoms with Crippen LogP contribution in [0.1, 0.15) is 87.8 Å². The lowest BCUT2D eigenvalue weighted by molar-refractivity contribution is -0.139. The van der Waals surface area contributed by atoms with Gasteiger partial charge in [0.25, 0.3) is 0 Å². The molecule has 0 spiro atoms. The second-order valence-electron chi connectivity index (χ2n) is 18.9. The maximum Gasteiger partial charge on any atom is 0.416 e. The summed E-state index contributed by atoms with van der Waals surface area (Å²) in [4.78, 5) is 140. The van der Waals surface area contributed by atoms with Crippen molar-refractivity contribution in [3.63, 3.8) is 0 Å². The van der Waals surface area contributed by atoms with Gasteiger partial charge >= 0.3 is 6.18 Å². The molecule has 436 valence electrons. The molecule has 1 unspecified atom stereocenters. The number of H-pyrrole nitrogens is 1. The molecule has 1 saturated heterocycles. The molecule has 1 aliphatic heterocycles. The molecule has 21 N–H and O–H groups in total. The molecule has 2 aromatic carbocycles. The summed E-state index contributed by atoms with van der Waals surface area (Å²) in [5, 5.41) is 40.7. The van der Waals surface area contributed by atoms with Crippen molar-refractivity contribution in [3.05, 3.63) is 71.4 Å². The van der Waals surface area contributed by atoms with Gasteiger partial charge in [0.05, 0.1) is 5.56 Å². The molecule has 10 amide bonds. The smallest absolute Gasteiger partial charge is 0.370 e. The van der Waals surface area contributed by atoms with Crippen molar-refractivity contribution in [2.75, 3.05) is 19.6 Å². The summed E-state index contributed by atoms with van der Waals surface area (Å²) in [6.45, 7) is 1.05. The molecule has 0 radical (unpaired) electrons. The monoisotopic (exact) mass is 1130 g/mol. The van der Waals surface area contributed by atoms with Crippen molar-refractivity contribution in [3.8, 4) is 0 Å². The molecule has 27 nitrogen and oxygen atoms in total. The summed E-state index contributed by atoms with van der Waals surface area (Å²) in [5.41, 5.74) is 21.5. The van der Waals surface area contributed by atoms with Crippen molar-refractivity contribution in [2.45, 2.75) is 132 Å². The molecule has 0 bridgehead atoms. The molecule has 0 saturated carbocycles. The first kappa shape index (κ1) is 63.5. The van der Waals surface area contributed by atoms with Gasteiger partial charge in [0.2, 0.25) is 59.1 Å². The number of nitrogens with one attached hydrogen (secondary N) is 13. The number of halogens is 3. The average Bonchev–Trinajstić information content (AvgIpc) is 3.79. The Morgan fingerprint density at radius 2 is 1.26 bits per heavy atom. The molecule has 7 atom stereocenters. The number of benzene rings is 2. The third-order valence-corrected chi connectivity index (χ3v) is 12.7. The zero-order chi connectivity index (χ0) is 59.1. The van der Waals surface area contributed by atoms with E-state index < -0.39 is 150 Å². The average molecular weight is 1130 g/mol. The number of guanidine groups is 2. The molecule has 1 aliphatic rings. The predicted octanol–water partition coefficient (Wildman–Crippen LogP) is -2.65. The third kappa shape index (κ3) is 21.1. The molecular weight excluding hydrogens is 1060 g/mol. The fourth-order valence-corrected chi connectivity index (χ4v) is 8.62. The van der Waals surface area contributed by atoms with Crippen molar-refractivity contribution in [1.82, 2.24) is 58.2 Å². The molecular formula is C50H70F3N17O10. The Kier molecular flexibility index (Phi) is 24.5. The first-order chi connectivity index (χ1) is 37.8. The van der Waals surface area contributed by atoms with E-state index in [4.69, 9.17) is 33.8 Å². The van der Waals surface area contributed by atoms with Crippen LogP contribution in [0, 0.1) is 10.8 Å². The lowest BCUT2D eigenvalue weighted by Gasteiger charge is -2.28. The van der Waals surface area contributed by atoms with Gasteiger partial charge in [-0.15, -0.1) is 0 Å². The molecule has 30 heteroatoms. The summed E-state index contributed by atoms with van der Waals surface area (Å²) in [6, 6.07) is -0.220. The SMILES string of the molecule is CC(=O)N[C@@H](CCCNC(=N)N)C(=O)N[C@H]1CCCNC(=O)CCC(C(N)=O)NC(=O)[C@H](Cc2c[nH]c3ccccc23)NC(=O)[C@H](CCCNC(=N)N)NC(=O)[C@@H](Cc2ccccc2C(F)(F)F)NC(=O)[C@H](CCC(N)=O)NC1=O. The zero-order valence-electron chi connectivity index (χ0n) is 43.9. The van der Waals surface area contributed by atoms with Crippen molar-refractivity contribution in [1.29, 1.82) is 10.8 Å². The lowest BCUT2D eigenvalue weighted by Crippen LogP contribution is -2.60. The van der Waals surface area contributed by atoms with Crippen LogP contribution in [0.25, 0.3) is 10.9 Å². The summed E-state index contributed by atoms with van der Waals surface area (Å²) in [5.74, 6) is -10.5. The summed E-state index contributed by atoms with van der Waals surface area (Å²) in [6.07, 6.45) is -6.88.